The van der Waals surface area contributed by atoms with Crippen LogP contribution in [0.15, 0.2) is 24.5 Å². The summed E-state index contributed by atoms with van der Waals surface area (Å²) >= 11 is 0. The van der Waals surface area contributed by atoms with Crippen molar-refractivity contribution in [2.24, 2.45) is 5.41 Å². The summed E-state index contributed by atoms with van der Waals surface area (Å²) in [4.78, 5) is 7.47. The maximum Gasteiger partial charge on any atom is 0.137 e. The highest BCUT2D eigenvalue weighted by Crippen LogP contribution is 2.47. The summed E-state index contributed by atoms with van der Waals surface area (Å²) in [5, 5.41) is 13.7. The minimum Gasteiger partial charge on any atom is -0.396 e. The first-order valence-electron chi connectivity index (χ1n) is 6.56. The Morgan fingerprint density at radius 1 is 1.44 bits per heavy atom. The molecule has 2 heterocycles. The van der Waals surface area contributed by atoms with Gasteiger partial charge in [-0.1, -0.05) is 0 Å². The highest BCUT2D eigenvalue weighted by molar-refractivity contribution is 5.79. The fraction of sp³-hybridized carbons (Fsp3) is 0.500. The molecule has 0 amide bonds. The molecule has 0 radical (unpaired) electrons. The highest BCUT2D eigenvalue weighted by Gasteiger charge is 2.41. The number of hydrogen-bond donors (Lipinski definition) is 3. The topological polar surface area (TPSA) is 60.9 Å². The summed E-state index contributed by atoms with van der Waals surface area (Å²) < 4.78 is 0. The minimum absolute atomic E-state index is 0.304. The predicted octanol–water partition coefficient (Wildman–Crippen LogP) is 1.82. The molecule has 0 aromatic carbocycles. The Balaban J connectivity index is 1.60. The van der Waals surface area contributed by atoms with E-state index in [1.807, 2.05) is 12.3 Å². The third-order valence-electron chi connectivity index (χ3n) is 3.95. The molecule has 0 bridgehead atoms. The summed E-state index contributed by atoms with van der Waals surface area (Å²) in [6.07, 6.45) is 7.24. The molecule has 3 N–H and O–H groups in total. The number of hydrogen-bond acceptors (Lipinski definition) is 3. The van der Waals surface area contributed by atoms with Crippen molar-refractivity contribution >= 4 is 11.0 Å². The number of aliphatic hydroxyl groups excluding tert-OH is 1. The Morgan fingerprint density at radius 3 is 3.11 bits per heavy atom. The van der Waals surface area contributed by atoms with Crippen LogP contribution in [0.3, 0.4) is 0 Å². The van der Waals surface area contributed by atoms with Crippen molar-refractivity contribution in [2.45, 2.75) is 25.8 Å². The van der Waals surface area contributed by atoms with Gasteiger partial charge in [-0.3, -0.25) is 0 Å². The van der Waals surface area contributed by atoms with E-state index in [1.54, 1.807) is 6.20 Å². The number of aromatic nitrogens is 2. The van der Waals surface area contributed by atoms with Gasteiger partial charge in [-0.15, -0.1) is 0 Å². The smallest absolute Gasteiger partial charge is 0.137 e. The number of fused-ring (bicyclic) bond motifs is 1. The zero-order chi connectivity index (χ0) is 12.4. The molecule has 3 rings (SSSR count). The Kier molecular flexibility index (Phi) is 3.06. The van der Waals surface area contributed by atoms with Crippen LogP contribution in [0.25, 0.3) is 11.0 Å². The third-order valence-corrected chi connectivity index (χ3v) is 3.95. The second kappa shape index (κ2) is 4.71. The summed E-state index contributed by atoms with van der Waals surface area (Å²) in [5.74, 6) is 0. The van der Waals surface area contributed by atoms with E-state index >= 15 is 0 Å². The molecule has 2 aromatic heterocycles. The molecule has 1 saturated carbocycles. The molecule has 0 saturated heterocycles. The molecule has 96 valence electrons. The molecule has 18 heavy (non-hydrogen) atoms. The van der Waals surface area contributed by atoms with Gasteiger partial charge in [-0.05, 0) is 42.4 Å². The van der Waals surface area contributed by atoms with Gasteiger partial charge in [0.1, 0.15) is 5.65 Å². The standard InChI is InChI=1S/C14H19N3O/c18-7-5-14(3-4-14)10-15-8-11-9-17-13-12(11)2-1-6-16-13/h1-2,6,9,15,18H,3-5,7-8,10H2,(H,16,17). The van der Waals surface area contributed by atoms with Crippen LogP contribution in [-0.4, -0.2) is 28.2 Å². The summed E-state index contributed by atoms with van der Waals surface area (Å²) in [7, 11) is 0. The van der Waals surface area contributed by atoms with E-state index in [-0.39, 0.29) is 0 Å². The van der Waals surface area contributed by atoms with E-state index in [0.29, 0.717) is 12.0 Å². The van der Waals surface area contributed by atoms with Crippen LogP contribution in [0.5, 0.6) is 0 Å². The van der Waals surface area contributed by atoms with Gasteiger partial charge < -0.3 is 15.4 Å². The van der Waals surface area contributed by atoms with Crippen LogP contribution in [0, 0.1) is 5.41 Å². The van der Waals surface area contributed by atoms with Crippen LogP contribution in [0.1, 0.15) is 24.8 Å². The number of pyridine rings is 1. The molecular formula is C14H19N3O. The monoisotopic (exact) mass is 245 g/mol. The quantitative estimate of drug-likeness (QED) is 0.727. The lowest BCUT2D eigenvalue weighted by molar-refractivity contribution is 0.245. The zero-order valence-corrected chi connectivity index (χ0v) is 10.4. The van der Waals surface area contributed by atoms with Crippen LogP contribution in [0.2, 0.25) is 0 Å². The van der Waals surface area contributed by atoms with Crippen molar-refractivity contribution in [3.05, 3.63) is 30.1 Å². The van der Waals surface area contributed by atoms with E-state index in [1.165, 1.54) is 23.8 Å². The van der Waals surface area contributed by atoms with Gasteiger partial charge in [0.25, 0.3) is 0 Å². The van der Waals surface area contributed by atoms with Crippen molar-refractivity contribution in [3.63, 3.8) is 0 Å². The lowest BCUT2D eigenvalue weighted by Crippen LogP contribution is -2.24. The minimum atomic E-state index is 0.304. The van der Waals surface area contributed by atoms with E-state index < -0.39 is 0 Å². The van der Waals surface area contributed by atoms with Crippen LogP contribution in [0.4, 0.5) is 0 Å². The average Bonchev–Trinajstić information content (AvgIpc) is 3.02. The number of nitrogens with zero attached hydrogens (tertiary/aromatic N) is 1. The van der Waals surface area contributed by atoms with E-state index in [2.05, 4.69) is 21.4 Å². The van der Waals surface area contributed by atoms with Gasteiger partial charge in [0, 0.05) is 37.5 Å². The van der Waals surface area contributed by atoms with Gasteiger partial charge in [-0.2, -0.15) is 0 Å². The van der Waals surface area contributed by atoms with E-state index in [0.717, 1.165) is 25.2 Å². The Morgan fingerprint density at radius 2 is 2.33 bits per heavy atom. The lowest BCUT2D eigenvalue weighted by atomic mass is 10.0. The van der Waals surface area contributed by atoms with Gasteiger partial charge in [0.2, 0.25) is 0 Å². The molecule has 0 aliphatic heterocycles. The molecule has 0 atom stereocenters. The van der Waals surface area contributed by atoms with Crippen molar-refractivity contribution in [1.29, 1.82) is 0 Å². The third kappa shape index (κ3) is 2.26. The molecular weight excluding hydrogens is 226 g/mol. The first-order valence-corrected chi connectivity index (χ1v) is 6.56. The van der Waals surface area contributed by atoms with Gasteiger partial charge in [0.15, 0.2) is 0 Å². The van der Waals surface area contributed by atoms with Crippen LogP contribution in [-0.2, 0) is 6.54 Å². The van der Waals surface area contributed by atoms with E-state index in [9.17, 15) is 0 Å². The van der Waals surface area contributed by atoms with Crippen molar-refractivity contribution in [1.82, 2.24) is 15.3 Å². The van der Waals surface area contributed by atoms with E-state index in [4.69, 9.17) is 5.11 Å². The summed E-state index contributed by atoms with van der Waals surface area (Å²) in [6.45, 7) is 2.16. The number of rotatable bonds is 6. The largest absolute Gasteiger partial charge is 0.396 e. The highest BCUT2D eigenvalue weighted by atomic mass is 16.3. The van der Waals surface area contributed by atoms with Gasteiger partial charge >= 0.3 is 0 Å². The van der Waals surface area contributed by atoms with Crippen molar-refractivity contribution in [2.75, 3.05) is 13.2 Å². The zero-order valence-electron chi connectivity index (χ0n) is 10.4. The van der Waals surface area contributed by atoms with Gasteiger partial charge in [-0.25, -0.2) is 4.98 Å². The first kappa shape index (κ1) is 11.7. The predicted molar refractivity (Wildman–Crippen MR) is 71.2 cm³/mol. The SMILES string of the molecule is OCCC1(CNCc2c[nH]c3ncccc23)CC1. The van der Waals surface area contributed by atoms with Crippen LogP contribution >= 0.6 is 0 Å². The Hall–Kier alpha value is -1.39. The molecule has 4 heteroatoms. The van der Waals surface area contributed by atoms with Crippen molar-refractivity contribution in [3.8, 4) is 0 Å². The second-order valence-electron chi connectivity index (χ2n) is 5.29. The van der Waals surface area contributed by atoms with Crippen molar-refractivity contribution < 1.29 is 5.11 Å². The molecule has 0 spiro atoms. The maximum atomic E-state index is 9.03. The van der Waals surface area contributed by atoms with Crippen LogP contribution < -0.4 is 5.32 Å². The fourth-order valence-electron chi connectivity index (χ4n) is 2.55. The Labute approximate surface area is 106 Å². The summed E-state index contributed by atoms with van der Waals surface area (Å²) in [6, 6.07) is 4.06. The summed E-state index contributed by atoms with van der Waals surface area (Å²) in [5.41, 5.74) is 2.59. The van der Waals surface area contributed by atoms with Gasteiger partial charge in [0.05, 0.1) is 0 Å². The number of aliphatic hydroxyl groups is 1. The maximum absolute atomic E-state index is 9.03. The molecule has 4 nitrogen and oxygen atoms in total. The number of nitrogens with one attached hydrogen (secondary N) is 2. The Bertz CT molecular complexity index is 531. The molecule has 1 aliphatic rings. The lowest BCUT2D eigenvalue weighted by Gasteiger charge is -2.14. The molecule has 2 aromatic rings. The molecule has 0 unspecified atom stereocenters. The first-order chi connectivity index (χ1) is 8.83. The number of aromatic amines is 1. The average molecular weight is 245 g/mol. The number of H-pyrrole nitrogens is 1. The molecule has 1 aliphatic carbocycles. The fourth-order valence-corrected chi connectivity index (χ4v) is 2.55. The normalized spacial score (nSPS) is 17.2. The second-order valence-corrected chi connectivity index (χ2v) is 5.29. The molecule has 1 fully saturated rings.